The summed E-state index contributed by atoms with van der Waals surface area (Å²) < 4.78 is 24.7. The van der Waals surface area contributed by atoms with E-state index in [0.29, 0.717) is 0 Å². The summed E-state index contributed by atoms with van der Waals surface area (Å²) >= 11 is 0. The van der Waals surface area contributed by atoms with Crippen molar-refractivity contribution >= 4 is 21.6 Å². The Hall–Kier alpha value is -1.56. The van der Waals surface area contributed by atoms with Crippen LogP contribution in [0.3, 0.4) is 0 Å². The van der Waals surface area contributed by atoms with Crippen LogP contribution in [-0.4, -0.2) is 32.2 Å². The van der Waals surface area contributed by atoms with Gasteiger partial charge in [0.1, 0.15) is 4.90 Å². The van der Waals surface area contributed by atoms with Crippen LogP contribution in [0.15, 0.2) is 23.1 Å². The van der Waals surface area contributed by atoms with Gasteiger partial charge in [-0.05, 0) is 25.1 Å². The zero-order chi connectivity index (χ0) is 11.9. The fourth-order valence-electron chi connectivity index (χ4n) is 1.75. The normalized spacial score (nSPS) is 17.4. The van der Waals surface area contributed by atoms with Crippen LogP contribution in [0.5, 0.6) is 0 Å². The van der Waals surface area contributed by atoms with Gasteiger partial charge in [-0.3, -0.25) is 4.79 Å². The Bertz CT molecular complexity index is 551. The summed E-state index contributed by atoms with van der Waals surface area (Å²) in [6, 6.07) is 4.66. The van der Waals surface area contributed by atoms with E-state index in [1.54, 1.807) is 26.1 Å². The molecule has 1 amide bonds. The predicted molar refractivity (Wildman–Crippen MR) is 59.9 cm³/mol. The third-order valence-electron chi connectivity index (χ3n) is 2.58. The molecule has 0 aromatic heterocycles. The highest BCUT2D eigenvalue weighted by atomic mass is 32.2. The smallest absolute Gasteiger partial charge is 0.269 e. The zero-order valence-electron chi connectivity index (χ0n) is 9.02. The molecule has 1 aliphatic heterocycles. The highest BCUT2D eigenvalue weighted by molar-refractivity contribution is 7.90. The molecule has 1 heterocycles. The van der Waals surface area contributed by atoms with Gasteiger partial charge in [0.05, 0.1) is 5.56 Å². The second-order valence-electron chi connectivity index (χ2n) is 3.44. The fourth-order valence-corrected chi connectivity index (χ4v) is 3.31. The molecule has 0 spiro atoms. The highest BCUT2D eigenvalue weighted by Gasteiger charge is 2.40. The second kappa shape index (κ2) is 3.48. The molecule has 0 radical (unpaired) electrons. The summed E-state index contributed by atoms with van der Waals surface area (Å²) in [6.45, 7) is 1.80. The largest absolute Gasteiger partial charge is 0.388 e. The van der Waals surface area contributed by atoms with Gasteiger partial charge in [0.2, 0.25) is 0 Å². The molecule has 0 bridgehead atoms. The van der Waals surface area contributed by atoms with Crippen LogP contribution < -0.4 is 5.32 Å². The van der Waals surface area contributed by atoms with Crippen LogP contribution >= 0.6 is 0 Å². The number of fused-ring (bicyclic) bond motifs is 1. The van der Waals surface area contributed by atoms with Crippen molar-refractivity contribution in [3.63, 3.8) is 0 Å². The van der Waals surface area contributed by atoms with Crippen LogP contribution in [0.2, 0.25) is 0 Å². The van der Waals surface area contributed by atoms with Crippen molar-refractivity contribution in [2.45, 2.75) is 11.8 Å². The molecular weight excluding hydrogens is 228 g/mol. The molecule has 6 heteroatoms. The lowest BCUT2D eigenvalue weighted by Crippen LogP contribution is -2.29. The number of sulfonamides is 1. The molecule has 1 N–H and O–H groups in total. The first-order valence-electron chi connectivity index (χ1n) is 4.91. The van der Waals surface area contributed by atoms with Crippen LogP contribution in [0.1, 0.15) is 17.3 Å². The molecule has 1 aliphatic rings. The number of nitrogens with one attached hydrogen (secondary N) is 1. The van der Waals surface area contributed by atoms with Crippen molar-refractivity contribution < 1.29 is 13.2 Å². The van der Waals surface area contributed by atoms with Gasteiger partial charge in [-0.1, -0.05) is 0 Å². The molecule has 5 nitrogen and oxygen atoms in total. The summed E-state index contributed by atoms with van der Waals surface area (Å²) in [5.41, 5.74) is 0.967. The summed E-state index contributed by atoms with van der Waals surface area (Å²) in [4.78, 5) is 11.9. The van der Waals surface area contributed by atoms with Crippen LogP contribution in [0.4, 0.5) is 5.69 Å². The van der Waals surface area contributed by atoms with Crippen molar-refractivity contribution in [3.05, 3.63) is 23.8 Å². The van der Waals surface area contributed by atoms with Gasteiger partial charge < -0.3 is 5.32 Å². The minimum atomic E-state index is -3.61. The van der Waals surface area contributed by atoms with Crippen molar-refractivity contribution in [2.75, 3.05) is 18.9 Å². The number of nitrogens with zero attached hydrogens (tertiary/aromatic N) is 1. The van der Waals surface area contributed by atoms with Gasteiger partial charge in [-0.25, -0.2) is 12.7 Å². The first-order chi connectivity index (χ1) is 7.52. The van der Waals surface area contributed by atoms with Crippen molar-refractivity contribution in [2.24, 2.45) is 0 Å². The minimum absolute atomic E-state index is 0.0957. The fraction of sp³-hybridized carbons (Fsp3) is 0.300. The molecule has 0 saturated carbocycles. The van der Waals surface area contributed by atoms with Crippen molar-refractivity contribution in [3.8, 4) is 0 Å². The van der Waals surface area contributed by atoms with E-state index in [0.717, 1.165) is 9.99 Å². The van der Waals surface area contributed by atoms with Crippen molar-refractivity contribution in [1.29, 1.82) is 0 Å². The number of carbonyl (C=O) groups excluding carboxylic acids is 1. The van der Waals surface area contributed by atoms with Gasteiger partial charge in [-0.2, -0.15) is 0 Å². The standard InChI is InChI=1S/C10H12N2O3S/c1-3-12-10(13)8-6-7(11-2)4-5-9(8)16(12,14)15/h4-6,11H,3H2,1-2H3. The molecule has 16 heavy (non-hydrogen) atoms. The molecule has 0 saturated heterocycles. The average molecular weight is 240 g/mol. The Balaban J connectivity index is 2.67. The maximum Gasteiger partial charge on any atom is 0.269 e. The molecule has 1 aromatic carbocycles. The van der Waals surface area contributed by atoms with E-state index in [-0.39, 0.29) is 17.0 Å². The lowest BCUT2D eigenvalue weighted by atomic mass is 10.2. The minimum Gasteiger partial charge on any atom is -0.388 e. The molecule has 1 aromatic rings. The Morgan fingerprint density at radius 2 is 2.06 bits per heavy atom. The predicted octanol–water partition coefficient (Wildman–Crippen LogP) is 0.893. The first-order valence-corrected chi connectivity index (χ1v) is 6.35. The average Bonchev–Trinajstić information content (AvgIpc) is 2.46. The first kappa shape index (κ1) is 10.9. The Morgan fingerprint density at radius 3 is 2.62 bits per heavy atom. The number of rotatable bonds is 2. The van der Waals surface area contributed by atoms with Gasteiger partial charge in [-0.15, -0.1) is 0 Å². The SMILES string of the molecule is CCN1C(=O)c2cc(NC)ccc2S1(=O)=O. The van der Waals surface area contributed by atoms with E-state index in [2.05, 4.69) is 5.32 Å². The molecule has 86 valence electrons. The lowest BCUT2D eigenvalue weighted by molar-refractivity contribution is 0.0876. The molecule has 0 unspecified atom stereocenters. The number of anilines is 1. The molecular formula is C10H12N2O3S. The molecule has 0 fully saturated rings. The molecule has 0 atom stereocenters. The topological polar surface area (TPSA) is 66.5 Å². The molecule has 2 rings (SSSR count). The maximum atomic E-state index is 11.9. The van der Waals surface area contributed by atoms with Gasteiger partial charge in [0.25, 0.3) is 15.9 Å². The van der Waals surface area contributed by atoms with E-state index < -0.39 is 15.9 Å². The lowest BCUT2D eigenvalue weighted by Gasteiger charge is -2.10. The van der Waals surface area contributed by atoms with Crippen LogP contribution in [0.25, 0.3) is 0 Å². The third kappa shape index (κ3) is 1.30. The van der Waals surface area contributed by atoms with Gasteiger partial charge >= 0.3 is 0 Å². The summed E-state index contributed by atoms with van der Waals surface area (Å²) in [5.74, 6) is -0.449. The Labute approximate surface area is 94.1 Å². The molecule has 0 aliphatic carbocycles. The summed E-state index contributed by atoms with van der Waals surface area (Å²) in [7, 11) is -1.90. The summed E-state index contributed by atoms with van der Waals surface area (Å²) in [6.07, 6.45) is 0. The maximum absolute atomic E-state index is 11.9. The highest BCUT2D eigenvalue weighted by Crippen LogP contribution is 2.31. The van der Waals surface area contributed by atoms with Gasteiger partial charge in [0, 0.05) is 19.3 Å². The Morgan fingerprint density at radius 1 is 1.38 bits per heavy atom. The van der Waals surface area contributed by atoms with Crippen LogP contribution in [0, 0.1) is 0 Å². The Kier molecular flexibility index (Phi) is 2.38. The van der Waals surface area contributed by atoms with Crippen LogP contribution in [-0.2, 0) is 10.0 Å². The number of amides is 1. The number of carbonyl (C=O) groups is 1. The van der Waals surface area contributed by atoms with E-state index in [1.807, 2.05) is 0 Å². The van der Waals surface area contributed by atoms with E-state index >= 15 is 0 Å². The number of benzene rings is 1. The monoisotopic (exact) mass is 240 g/mol. The zero-order valence-corrected chi connectivity index (χ0v) is 9.84. The third-order valence-corrected chi connectivity index (χ3v) is 4.50. The summed E-state index contributed by atoms with van der Waals surface area (Å²) in [5, 5.41) is 2.87. The number of hydrogen-bond acceptors (Lipinski definition) is 4. The number of hydrogen-bond donors (Lipinski definition) is 1. The van der Waals surface area contributed by atoms with Gasteiger partial charge in [0.15, 0.2) is 0 Å². The quantitative estimate of drug-likeness (QED) is 0.833. The second-order valence-corrected chi connectivity index (χ2v) is 5.27. The van der Waals surface area contributed by atoms with E-state index in [1.165, 1.54) is 6.07 Å². The van der Waals surface area contributed by atoms with Crippen molar-refractivity contribution in [1.82, 2.24) is 4.31 Å². The van der Waals surface area contributed by atoms with E-state index in [9.17, 15) is 13.2 Å². The van der Waals surface area contributed by atoms with E-state index in [4.69, 9.17) is 0 Å².